The van der Waals surface area contributed by atoms with Crippen molar-refractivity contribution in [3.63, 3.8) is 0 Å². The molecule has 0 bridgehead atoms. The van der Waals surface area contributed by atoms with Crippen LogP contribution >= 0.6 is 0 Å². The minimum Gasteiger partial charge on any atom is -0.480 e. The number of benzene rings is 2. The molecule has 0 aromatic heterocycles. The number of aliphatic carboxylic acids is 1. The number of hydrogen-bond acceptors (Lipinski definition) is 4. The lowest BCUT2D eigenvalue weighted by molar-refractivity contribution is -0.142. The van der Waals surface area contributed by atoms with Crippen molar-refractivity contribution < 1.29 is 33.0 Å². The number of fused-ring (bicyclic) bond motifs is 3. The number of hydrogen-bond donors (Lipinski definition) is 3. The molecule has 2 amide bonds. The molecule has 1 fully saturated rings. The van der Waals surface area contributed by atoms with Gasteiger partial charge in [-0.15, -0.1) is 0 Å². The summed E-state index contributed by atoms with van der Waals surface area (Å²) in [4.78, 5) is 35.9. The van der Waals surface area contributed by atoms with E-state index in [9.17, 15) is 28.3 Å². The number of carbonyl (C=O) groups excluding carboxylic acids is 2. The van der Waals surface area contributed by atoms with Crippen LogP contribution in [0.4, 0.5) is 13.6 Å². The summed E-state index contributed by atoms with van der Waals surface area (Å²) in [5, 5.41) is 13.8. The monoisotopic (exact) mass is 486 g/mol. The molecule has 0 aliphatic heterocycles. The molecule has 7 nitrogen and oxygen atoms in total. The average Bonchev–Trinajstić information content (AvgIpc) is 3.22. The van der Waals surface area contributed by atoms with E-state index in [0.29, 0.717) is 0 Å². The Hall–Kier alpha value is -3.49. The summed E-state index contributed by atoms with van der Waals surface area (Å²) in [6.45, 7) is 3.13. The third-order valence-corrected chi connectivity index (χ3v) is 6.62. The highest BCUT2D eigenvalue weighted by Crippen LogP contribution is 2.55. The van der Waals surface area contributed by atoms with E-state index < -0.39 is 48.3 Å². The zero-order valence-electron chi connectivity index (χ0n) is 19.5. The first-order valence-electron chi connectivity index (χ1n) is 11.6. The van der Waals surface area contributed by atoms with Gasteiger partial charge >= 0.3 is 12.1 Å². The predicted molar refractivity (Wildman–Crippen MR) is 124 cm³/mol. The van der Waals surface area contributed by atoms with Crippen LogP contribution in [0.3, 0.4) is 0 Å². The van der Waals surface area contributed by atoms with Gasteiger partial charge < -0.3 is 20.5 Å². The highest BCUT2D eigenvalue weighted by Gasteiger charge is 2.71. The minimum absolute atomic E-state index is 0.0397. The van der Waals surface area contributed by atoms with E-state index in [1.165, 1.54) is 0 Å². The van der Waals surface area contributed by atoms with Crippen molar-refractivity contribution in [3.05, 3.63) is 59.7 Å². The molecule has 0 heterocycles. The third kappa shape index (κ3) is 4.99. The molecule has 9 heteroatoms. The number of carboxylic acid groups (broad SMARTS) is 1. The lowest BCUT2D eigenvalue weighted by Crippen LogP contribution is -2.43. The Morgan fingerprint density at radius 1 is 1.03 bits per heavy atom. The second-order valence-electron chi connectivity index (χ2n) is 9.49. The van der Waals surface area contributed by atoms with Gasteiger partial charge in [0.1, 0.15) is 18.6 Å². The van der Waals surface area contributed by atoms with Crippen LogP contribution in [0.15, 0.2) is 48.5 Å². The quantitative estimate of drug-likeness (QED) is 0.497. The van der Waals surface area contributed by atoms with E-state index in [4.69, 9.17) is 4.74 Å². The molecule has 1 saturated carbocycles. The SMILES string of the molecule is CC(C)C[C@@H](NC(=O)C1C(CNC(=O)OCC2c3ccccc3-c3ccccc32)C1(F)F)C(=O)O. The number of nitrogens with one attached hydrogen (secondary N) is 2. The Labute approximate surface area is 201 Å². The van der Waals surface area contributed by atoms with E-state index in [1.54, 1.807) is 13.8 Å². The topological polar surface area (TPSA) is 105 Å². The first-order chi connectivity index (χ1) is 16.6. The molecular weight excluding hydrogens is 458 g/mol. The Morgan fingerprint density at radius 3 is 2.14 bits per heavy atom. The van der Waals surface area contributed by atoms with Crippen molar-refractivity contribution in [2.45, 2.75) is 38.2 Å². The zero-order chi connectivity index (χ0) is 25.3. The molecule has 0 radical (unpaired) electrons. The predicted octanol–water partition coefficient (Wildman–Crippen LogP) is 4.02. The molecule has 0 saturated heterocycles. The first kappa shape index (κ1) is 24.6. The van der Waals surface area contributed by atoms with E-state index in [1.807, 2.05) is 48.5 Å². The van der Waals surface area contributed by atoms with Gasteiger partial charge in [-0.2, -0.15) is 0 Å². The Morgan fingerprint density at radius 2 is 1.60 bits per heavy atom. The molecule has 0 spiro atoms. The number of ether oxygens (including phenoxy) is 1. The fourth-order valence-electron chi connectivity index (χ4n) is 4.80. The van der Waals surface area contributed by atoms with Gasteiger partial charge in [-0.25, -0.2) is 18.4 Å². The van der Waals surface area contributed by atoms with Crippen molar-refractivity contribution in [2.24, 2.45) is 17.8 Å². The summed E-state index contributed by atoms with van der Waals surface area (Å²) in [6.07, 6.45) is -0.723. The second kappa shape index (κ2) is 9.64. The van der Waals surface area contributed by atoms with Gasteiger partial charge in [0.15, 0.2) is 0 Å². The minimum atomic E-state index is -3.33. The maximum Gasteiger partial charge on any atom is 0.407 e. The van der Waals surface area contributed by atoms with Gasteiger partial charge in [0.05, 0.1) is 5.92 Å². The normalized spacial score (nSPS) is 20.5. The maximum absolute atomic E-state index is 14.2. The fourth-order valence-corrected chi connectivity index (χ4v) is 4.80. The van der Waals surface area contributed by atoms with E-state index >= 15 is 0 Å². The van der Waals surface area contributed by atoms with Gasteiger partial charge in [0.25, 0.3) is 5.92 Å². The summed E-state index contributed by atoms with van der Waals surface area (Å²) in [5.74, 6) is -8.94. The summed E-state index contributed by atoms with van der Waals surface area (Å²) < 4.78 is 33.8. The Balaban J connectivity index is 1.31. The molecule has 4 rings (SSSR count). The number of alkyl halides is 2. The van der Waals surface area contributed by atoms with Crippen LogP contribution in [0.1, 0.15) is 37.3 Å². The number of alkyl carbamates (subject to hydrolysis) is 1. The first-order valence-corrected chi connectivity index (χ1v) is 11.6. The smallest absolute Gasteiger partial charge is 0.407 e. The van der Waals surface area contributed by atoms with Crippen LogP contribution in [0.2, 0.25) is 0 Å². The molecular formula is C26H28F2N2O5. The van der Waals surface area contributed by atoms with Crippen LogP contribution < -0.4 is 10.6 Å². The van der Waals surface area contributed by atoms with Gasteiger partial charge in [-0.3, -0.25) is 4.79 Å². The summed E-state index contributed by atoms with van der Waals surface area (Å²) >= 11 is 0. The van der Waals surface area contributed by atoms with E-state index in [2.05, 4.69) is 10.6 Å². The number of carboxylic acids is 1. The zero-order valence-corrected chi connectivity index (χ0v) is 19.5. The highest BCUT2D eigenvalue weighted by atomic mass is 19.3. The average molecular weight is 487 g/mol. The fraction of sp³-hybridized carbons (Fsp3) is 0.423. The van der Waals surface area contributed by atoms with Crippen LogP contribution in [0.5, 0.6) is 0 Å². The Bertz CT molecular complexity index is 1090. The molecule has 35 heavy (non-hydrogen) atoms. The van der Waals surface area contributed by atoms with Crippen molar-refractivity contribution in [1.82, 2.24) is 10.6 Å². The molecule has 2 aromatic rings. The third-order valence-electron chi connectivity index (χ3n) is 6.62. The molecule has 3 atom stereocenters. The second-order valence-corrected chi connectivity index (χ2v) is 9.49. The largest absolute Gasteiger partial charge is 0.480 e. The molecule has 3 N–H and O–H groups in total. The van der Waals surface area contributed by atoms with E-state index in [-0.39, 0.29) is 24.9 Å². The number of rotatable bonds is 9. The molecule has 2 aliphatic rings. The van der Waals surface area contributed by atoms with Gasteiger partial charge in [-0.1, -0.05) is 62.4 Å². The highest BCUT2D eigenvalue weighted by molar-refractivity contribution is 5.88. The molecule has 2 aliphatic carbocycles. The van der Waals surface area contributed by atoms with Crippen molar-refractivity contribution in [1.29, 1.82) is 0 Å². The molecule has 186 valence electrons. The van der Waals surface area contributed by atoms with Crippen molar-refractivity contribution in [2.75, 3.05) is 13.2 Å². The van der Waals surface area contributed by atoms with Gasteiger partial charge in [0, 0.05) is 12.5 Å². The van der Waals surface area contributed by atoms with Gasteiger partial charge in [0.2, 0.25) is 5.91 Å². The van der Waals surface area contributed by atoms with Crippen molar-refractivity contribution >= 4 is 18.0 Å². The lowest BCUT2D eigenvalue weighted by Gasteiger charge is -2.16. The van der Waals surface area contributed by atoms with Gasteiger partial charge in [-0.05, 0) is 34.6 Å². The van der Waals surface area contributed by atoms with Crippen molar-refractivity contribution in [3.8, 4) is 11.1 Å². The maximum atomic E-state index is 14.2. The number of amides is 2. The number of carbonyl (C=O) groups is 3. The standard InChI is InChI=1S/C26H28F2N2O5/c1-14(2)11-21(24(32)33)30-23(31)22-20(26(22,27)28)12-29-25(34)35-13-19-17-9-5-3-7-15(17)16-8-4-6-10-18(16)19/h3-10,14,19-22H,11-13H2,1-2H3,(H,29,34)(H,30,31)(H,32,33)/t20?,21-,22?/m1/s1. The molecule has 2 unspecified atom stereocenters. The van der Waals surface area contributed by atoms with Crippen LogP contribution in [-0.4, -0.2) is 48.2 Å². The van der Waals surface area contributed by atoms with Crippen LogP contribution in [0.25, 0.3) is 11.1 Å². The molecule has 2 aromatic carbocycles. The lowest BCUT2D eigenvalue weighted by atomic mass is 9.98. The van der Waals surface area contributed by atoms with E-state index in [0.717, 1.165) is 22.3 Å². The van der Waals surface area contributed by atoms with Crippen LogP contribution in [-0.2, 0) is 14.3 Å². The summed E-state index contributed by atoms with van der Waals surface area (Å²) in [6, 6.07) is 14.4. The Kier molecular flexibility index (Phi) is 6.78. The van der Waals surface area contributed by atoms with Crippen LogP contribution in [0, 0.1) is 17.8 Å². The summed E-state index contributed by atoms with van der Waals surface area (Å²) in [5.41, 5.74) is 4.20. The summed E-state index contributed by atoms with van der Waals surface area (Å²) in [7, 11) is 0. The number of halogens is 2.